The van der Waals surface area contributed by atoms with Crippen molar-refractivity contribution in [3.63, 3.8) is 0 Å². The molecule has 0 aromatic heterocycles. The fourth-order valence-electron chi connectivity index (χ4n) is 2.74. The third kappa shape index (κ3) is 6.30. The third-order valence-electron chi connectivity index (χ3n) is 4.10. The summed E-state index contributed by atoms with van der Waals surface area (Å²) < 4.78 is 10.9. The van der Waals surface area contributed by atoms with Crippen molar-refractivity contribution in [2.24, 2.45) is 0 Å². The molecular weight excluding hydrogens is 356 g/mol. The summed E-state index contributed by atoms with van der Waals surface area (Å²) in [6, 6.07) is 14.9. The van der Waals surface area contributed by atoms with Crippen LogP contribution in [-0.2, 0) is 16.0 Å². The second-order valence-electron chi connectivity index (χ2n) is 6.69. The second kappa shape index (κ2) is 10.3. The number of ether oxygens (including phenoxy) is 2. The first-order chi connectivity index (χ1) is 13.4. The van der Waals surface area contributed by atoms with Crippen molar-refractivity contribution in [2.75, 3.05) is 25.1 Å². The molecular formula is C22H28N2O4. The fraction of sp³-hybridized carbons (Fsp3) is 0.364. The first-order valence-corrected chi connectivity index (χ1v) is 9.34. The summed E-state index contributed by atoms with van der Waals surface area (Å²) in [5.74, 6) is 0.944. The number of carbonyl (C=O) groups is 2. The highest BCUT2D eigenvalue weighted by molar-refractivity contribution is 5.98. The smallest absolute Gasteiger partial charge is 0.240 e. The van der Waals surface area contributed by atoms with Gasteiger partial charge in [0.05, 0.1) is 18.9 Å². The Morgan fingerprint density at radius 1 is 1.07 bits per heavy atom. The molecule has 2 aromatic carbocycles. The maximum atomic E-state index is 12.4. The number of nitrogens with one attached hydrogen (secondary N) is 1. The Hall–Kier alpha value is -3.02. The molecule has 0 saturated heterocycles. The number of anilines is 1. The van der Waals surface area contributed by atoms with Crippen LogP contribution in [0.5, 0.6) is 11.5 Å². The first kappa shape index (κ1) is 21.3. The standard InChI is InChI=1S/C22H28N2O4/c1-16(2)28-21-8-6-5-7-20(21)24(17(3)25)15-22(26)23-14-13-18-9-11-19(27-4)12-10-18/h5-12,16H,13-15H2,1-4H3,(H,23,26). The van der Waals surface area contributed by atoms with Crippen LogP contribution >= 0.6 is 0 Å². The Morgan fingerprint density at radius 2 is 1.75 bits per heavy atom. The lowest BCUT2D eigenvalue weighted by Crippen LogP contribution is -2.40. The Labute approximate surface area is 166 Å². The molecule has 2 rings (SSSR count). The van der Waals surface area contributed by atoms with Crippen molar-refractivity contribution in [3.05, 3.63) is 54.1 Å². The van der Waals surface area contributed by atoms with Crippen LogP contribution in [0.3, 0.4) is 0 Å². The van der Waals surface area contributed by atoms with Gasteiger partial charge in [-0.25, -0.2) is 0 Å². The van der Waals surface area contributed by atoms with Crippen molar-refractivity contribution >= 4 is 17.5 Å². The van der Waals surface area contributed by atoms with Gasteiger partial charge < -0.3 is 14.8 Å². The molecule has 0 unspecified atom stereocenters. The van der Waals surface area contributed by atoms with Crippen molar-refractivity contribution in [2.45, 2.75) is 33.3 Å². The normalized spacial score (nSPS) is 10.5. The Morgan fingerprint density at radius 3 is 2.36 bits per heavy atom. The molecule has 0 bridgehead atoms. The van der Waals surface area contributed by atoms with E-state index >= 15 is 0 Å². The van der Waals surface area contributed by atoms with Gasteiger partial charge in [-0.1, -0.05) is 24.3 Å². The molecule has 2 amide bonds. The SMILES string of the molecule is COc1ccc(CCNC(=O)CN(C(C)=O)c2ccccc2OC(C)C)cc1. The molecule has 2 aromatic rings. The molecule has 0 aliphatic heterocycles. The van der Waals surface area contributed by atoms with Gasteiger partial charge >= 0.3 is 0 Å². The summed E-state index contributed by atoms with van der Waals surface area (Å²) >= 11 is 0. The van der Waals surface area contributed by atoms with Gasteiger partial charge in [-0.3, -0.25) is 14.5 Å². The predicted octanol–water partition coefficient (Wildman–Crippen LogP) is 3.19. The lowest BCUT2D eigenvalue weighted by Gasteiger charge is -2.24. The molecule has 6 heteroatoms. The number of rotatable bonds is 9. The number of nitrogens with zero attached hydrogens (tertiary/aromatic N) is 1. The average Bonchev–Trinajstić information content (AvgIpc) is 2.66. The van der Waals surface area contributed by atoms with E-state index in [2.05, 4.69) is 5.32 Å². The quantitative estimate of drug-likeness (QED) is 0.721. The minimum atomic E-state index is -0.219. The van der Waals surface area contributed by atoms with Crippen molar-refractivity contribution in [3.8, 4) is 11.5 Å². The number of para-hydroxylation sites is 2. The molecule has 0 aliphatic rings. The molecule has 28 heavy (non-hydrogen) atoms. The van der Waals surface area contributed by atoms with E-state index in [0.29, 0.717) is 24.4 Å². The van der Waals surface area contributed by atoms with E-state index in [1.807, 2.05) is 50.2 Å². The van der Waals surface area contributed by atoms with Crippen LogP contribution in [-0.4, -0.2) is 38.1 Å². The van der Waals surface area contributed by atoms with Crippen molar-refractivity contribution in [1.82, 2.24) is 5.32 Å². The first-order valence-electron chi connectivity index (χ1n) is 9.34. The highest BCUT2D eigenvalue weighted by Gasteiger charge is 2.19. The molecule has 6 nitrogen and oxygen atoms in total. The van der Waals surface area contributed by atoms with Gasteiger partial charge in [0.15, 0.2) is 0 Å². The Bertz CT molecular complexity index is 787. The van der Waals surface area contributed by atoms with Gasteiger partial charge in [0.25, 0.3) is 0 Å². The topological polar surface area (TPSA) is 67.9 Å². The second-order valence-corrected chi connectivity index (χ2v) is 6.69. The van der Waals surface area contributed by atoms with Crippen LogP contribution in [0.1, 0.15) is 26.3 Å². The molecule has 0 heterocycles. The molecule has 1 N–H and O–H groups in total. The molecule has 0 atom stereocenters. The zero-order valence-corrected chi connectivity index (χ0v) is 16.9. The van der Waals surface area contributed by atoms with Crippen molar-refractivity contribution in [1.29, 1.82) is 0 Å². The van der Waals surface area contributed by atoms with Crippen LogP contribution in [0.25, 0.3) is 0 Å². The molecule has 0 radical (unpaired) electrons. The van der Waals surface area contributed by atoms with Gasteiger partial charge in [0, 0.05) is 13.5 Å². The number of hydrogen-bond acceptors (Lipinski definition) is 4. The summed E-state index contributed by atoms with van der Waals surface area (Å²) in [7, 11) is 1.63. The van der Waals surface area contributed by atoms with E-state index in [1.54, 1.807) is 19.2 Å². The molecule has 0 saturated carbocycles. The van der Waals surface area contributed by atoms with E-state index < -0.39 is 0 Å². The average molecular weight is 384 g/mol. The van der Waals surface area contributed by atoms with Gasteiger partial charge in [-0.05, 0) is 50.1 Å². The number of amides is 2. The minimum absolute atomic E-state index is 0.0340. The van der Waals surface area contributed by atoms with Crippen LogP contribution in [0, 0.1) is 0 Å². The summed E-state index contributed by atoms with van der Waals surface area (Å²) in [4.78, 5) is 26.0. The largest absolute Gasteiger partial charge is 0.497 e. The minimum Gasteiger partial charge on any atom is -0.497 e. The summed E-state index contributed by atoms with van der Waals surface area (Å²) in [5, 5.41) is 2.87. The molecule has 0 fully saturated rings. The number of hydrogen-bond donors (Lipinski definition) is 1. The number of carbonyl (C=O) groups excluding carboxylic acids is 2. The highest BCUT2D eigenvalue weighted by atomic mass is 16.5. The lowest BCUT2D eigenvalue weighted by molar-refractivity contribution is -0.123. The maximum Gasteiger partial charge on any atom is 0.240 e. The third-order valence-corrected chi connectivity index (χ3v) is 4.10. The summed E-state index contributed by atoms with van der Waals surface area (Å²) in [6.07, 6.45) is 0.663. The fourth-order valence-corrected chi connectivity index (χ4v) is 2.74. The Balaban J connectivity index is 1.96. The summed E-state index contributed by atoms with van der Waals surface area (Å²) in [6.45, 7) is 5.70. The van der Waals surface area contributed by atoms with Gasteiger partial charge in [0.2, 0.25) is 11.8 Å². The zero-order chi connectivity index (χ0) is 20.5. The number of benzene rings is 2. The van der Waals surface area contributed by atoms with Gasteiger partial charge in [0.1, 0.15) is 18.0 Å². The zero-order valence-electron chi connectivity index (χ0n) is 16.9. The maximum absolute atomic E-state index is 12.4. The van der Waals surface area contributed by atoms with E-state index in [-0.39, 0.29) is 24.5 Å². The van der Waals surface area contributed by atoms with Crippen LogP contribution in [0.15, 0.2) is 48.5 Å². The van der Waals surface area contributed by atoms with Crippen LogP contribution < -0.4 is 19.7 Å². The van der Waals surface area contributed by atoms with Gasteiger partial charge in [-0.15, -0.1) is 0 Å². The monoisotopic (exact) mass is 384 g/mol. The molecule has 150 valence electrons. The van der Waals surface area contributed by atoms with E-state index in [4.69, 9.17) is 9.47 Å². The highest BCUT2D eigenvalue weighted by Crippen LogP contribution is 2.29. The van der Waals surface area contributed by atoms with E-state index in [1.165, 1.54) is 11.8 Å². The number of methoxy groups -OCH3 is 1. The Kier molecular flexibility index (Phi) is 7.87. The molecule has 0 spiro atoms. The van der Waals surface area contributed by atoms with Crippen molar-refractivity contribution < 1.29 is 19.1 Å². The van der Waals surface area contributed by atoms with Gasteiger partial charge in [-0.2, -0.15) is 0 Å². The van der Waals surface area contributed by atoms with E-state index in [9.17, 15) is 9.59 Å². The van der Waals surface area contributed by atoms with Crippen LogP contribution in [0.4, 0.5) is 5.69 Å². The summed E-state index contributed by atoms with van der Waals surface area (Å²) in [5.41, 5.74) is 1.69. The van der Waals surface area contributed by atoms with Crippen LogP contribution in [0.2, 0.25) is 0 Å². The predicted molar refractivity (Wildman–Crippen MR) is 110 cm³/mol. The molecule has 0 aliphatic carbocycles. The lowest BCUT2D eigenvalue weighted by atomic mass is 10.1. The van der Waals surface area contributed by atoms with E-state index in [0.717, 1.165) is 11.3 Å².